The van der Waals surface area contributed by atoms with Crippen molar-refractivity contribution in [2.75, 3.05) is 31.3 Å². The largest absolute Gasteiger partial charge is 0.341 e. The van der Waals surface area contributed by atoms with Crippen LogP contribution in [0.15, 0.2) is 24.3 Å². The molecule has 5 nitrogen and oxygen atoms in total. The first-order valence-corrected chi connectivity index (χ1v) is 10.2. The number of carbonyl (C=O) groups is 2. The highest BCUT2D eigenvalue weighted by molar-refractivity contribution is 8.00. The van der Waals surface area contributed by atoms with E-state index in [1.54, 1.807) is 28.0 Å². The van der Waals surface area contributed by atoms with Crippen molar-refractivity contribution in [1.82, 2.24) is 14.8 Å². The zero-order valence-electron chi connectivity index (χ0n) is 13.3. The van der Waals surface area contributed by atoms with E-state index in [4.69, 9.17) is 4.98 Å². The Kier molecular flexibility index (Phi) is 4.45. The Bertz CT molecular complexity index is 735. The first-order valence-electron chi connectivity index (χ1n) is 8.19. The molecule has 0 saturated carbocycles. The van der Waals surface area contributed by atoms with Gasteiger partial charge in [0, 0.05) is 19.0 Å². The van der Waals surface area contributed by atoms with Gasteiger partial charge in [0.15, 0.2) is 0 Å². The third kappa shape index (κ3) is 3.15. The molecule has 7 heteroatoms. The lowest BCUT2D eigenvalue weighted by Gasteiger charge is -2.32. The molecule has 0 atom stereocenters. The second-order valence-corrected chi connectivity index (χ2v) is 8.26. The Morgan fingerprint density at radius 2 is 2.04 bits per heavy atom. The van der Waals surface area contributed by atoms with E-state index in [0.29, 0.717) is 17.5 Å². The summed E-state index contributed by atoms with van der Waals surface area (Å²) in [6.07, 6.45) is 1.91. The van der Waals surface area contributed by atoms with Gasteiger partial charge in [-0.05, 0) is 25.0 Å². The molecule has 126 valence electrons. The predicted octanol–water partition coefficient (Wildman–Crippen LogP) is 2.54. The molecule has 0 unspecified atom stereocenters. The molecule has 24 heavy (non-hydrogen) atoms. The van der Waals surface area contributed by atoms with Crippen molar-refractivity contribution >= 4 is 45.1 Å². The van der Waals surface area contributed by atoms with Gasteiger partial charge in [-0.1, -0.05) is 12.1 Å². The molecule has 0 N–H and O–H groups in total. The Balaban J connectivity index is 1.36. The van der Waals surface area contributed by atoms with Crippen LogP contribution in [-0.2, 0) is 9.59 Å². The van der Waals surface area contributed by atoms with E-state index in [2.05, 4.69) is 12.1 Å². The summed E-state index contributed by atoms with van der Waals surface area (Å²) in [4.78, 5) is 32.4. The Morgan fingerprint density at radius 1 is 1.25 bits per heavy atom. The van der Waals surface area contributed by atoms with Gasteiger partial charge in [0.05, 0.1) is 26.9 Å². The monoisotopic (exact) mass is 361 g/mol. The van der Waals surface area contributed by atoms with E-state index in [9.17, 15) is 9.59 Å². The summed E-state index contributed by atoms with van der Waals surface area (Å²) in [5.41, 5.74) is 1.07. The van der Waals surface area contributed by atoms with E-state index in [0.717, 1.165) is 31.4 Å². The topological polar surface area (TPSA) is 53.5 Å². The van der Waals surface area contributed by atoms with Gasteiger partial charge in [-0.2, -0.15) is 0 Å². The molecule has 0 radical (unpaired) electrons. The van der Waals surface area contributed by atoms with Crippen LogP contribution < -0.4 is 0 Å². The highest BCUT2D eigenvalue weighted by atomic mass is 32.2. The molecular formula is C17H19N3O2S2. The smallest absolute Gasteiger partial charge is 0.242 e. The maximum absolute atomic E-state index is 12.4. The van der Waals surface area contributed by atoms with E-state index in [-0.39, 0.29) is 18.4 Å². The lowest BCUT2D eigenvalue weighted by molar-refractivity contribution is -0.138. The van der Waals surface area contributed by atoms with Gasteiger partial charge in [-0.15, -0.1) is 23.1 Å². The van der Waals surface area contributed by atoms with Gasteiger partial charge in [0.25, 0.3) is 0 Å². The van der Waals surface area contributed by atoms with Crippen LogP contribution in [0, 0.1) is 0 Å². The van der Waals surface area contributed by atoms with Crippen LogP contribution in [0.1, 0.15) is 23.8 Å². The van der Waals surface area contributed by atoms with Crippen LogP contribution in [0.25, 0.3) is 10.2 Å². The number of benzene rings is 1. The molecule has 4 rings (SSSR count). The van der Waals surface area contributed by atoms with Crippen LogP contribution in [0.4, 0.5) is 0 Å². The number of likely N-dealkylation sites (tertiary alicyclic amines) is 1. The maximum atomic E-state index is 12.4. The molecule has 2 aliphatic heterocycles. The number of aromatic nitrogens is 1. The minimum Gasteiger partial charge on any atom is -0.341 e. The second-order valence-electron chi connectivity index (χ2n) is 6.24. The molecule has 2 saturated heterocycles. The number of hydrogen-bond donors (Lipinski definition) is 0. The summed E-state index contributed by atoms with van der Waals surface area (Å²) < 4.78 is 1.23. The van der Waals surface area contributed by atoms with Crippen LogP contribution >= 0.6 is 23.1 Å². The first-order chi connectivity index (χ1) is 11.7. The van der Waals surface area contributed by atoms with Crippen molar-refractivity contribution < 1.29 is 9.59 Å². The fraction of sp³-hybridized carbons (Fsp3) is 0.471. The lowest BCUT2D eigenvalue weighted by atomic mass is 9.97. The SMILES string of the molecule is O=C(CN1CSCC1=O)N1CCC(c2nc3ccccc3s2)CC1. The van der Waals surface area contributed by atoms with Gasteiger partial charge in [-0.3, -0.25) is 9.59 Å². The molecule has 0 aliphatic carbocycles. The lowest BCUT2D eigenvalue weighted by Crippen LogP contribution is -2.44. The average molecular weight is 361 g/mol. The molecule has 0 spiro atoms. The summed E-state index contributed by atoms with van der Waals surface area (Å²) in [5.74, 6) is 1.75. The van der Waals surface area contributed by atoms with Crippen molar-refractivity contribution in [1.29, 1.82) is 0 Å². The first kappa shape index (κ1) is 15.9. The molecule has 2 fully saturated rings. The number of thiazole rings is 1. The van der Waals surface area contributed by atoms with Crippen LogP contribution in [0.2, 0.25) is 0 Å². The summed E-state index contributed by atoms with van der Waals surface area (Å²) in [7, 11) is 0. The number of nitrogens with zero attached hydrogens (tertiary/aromatic N) is 3. The second kappa shape index (κ2) is 6.72. The standard InChI is InChI=1S/C17H19N3O2S2/c21-15(9-20-11-23-10-16(20)22)19-7-5-12(6-8-19)17-18-13-3-1-2-4-14(13)24-17/h1-4,12H,5-11H2. The minimum atomic E-state index is 0.0774. The maximum Gasteiger partial charge on any atom is 0.242 e. The summed E-state index contributed by atoms with van der Waals surface area (Å²) in [6, 6.07) is 8.23. The number of rotatable bonds is 3. The molecule has 2 amide bonds. The van der Waals surface area contributed by atoms with Crippen LogP contribution in [0.5, 0.6) is 0 Å². The van der Waals surface area contributed by atoms with Crippen molar-refractivity contribution in [3.63, 3.8) is 0 Å². The molecule has 3 heterocycles. The molecule has 2 aliphatic rings. The highest BCUT2D eigenvalue weighted by Crippen LogP contribution is 2.33. The van der Waals surface area contributed by atoms with E-state index >= 15 is 0 Å². The third-order valence-electron chi connectivity index (χ3n) is 4.66. The number of amides is 2. The van der Waals surface area contributed by atoms with Gasteiger partial charge in [0.1, 0.15) is 6.54 Å². The van der Waals surface area contributed by atoms with Crippen molar-refractivity contribution in [2.24, 2.45) is 0 Å². The average Bonchev–Trinajstić information content (AvgIpc) is 3.21. The molecule has 2 aromatic rings. The fourth-order valence-electron chi connectivity index (χ4n) is 3.24. The quantitative estimate of drug-likeness (QED) is 0.843. The third-order valence-corrected chi connectivity index (χ3v) is 6.80. The normalized spacial score (nSPS) is 19.4. The summed E-state index contributed by atoms with van der Waals surface area (Å²) in [5, 5.41) is 1.19. The Labute approximate surface area is 149 Å². The molecule has 1 aromatic carbocycles. The predicted molar refractivity (Wildman–Crippen MR) is 97.2 cm³/mol. The molecule has 0 bridgehead atoms. The minimum absolute atomic E-state index is 0.0774. The van der Waals surface area contributed by atoms with Gasteiger partial charge in [0.2, 0.25) is 11.8 Å². The van der Waals surface area contributed by atoms with Crippen LogP contribution in [0.3, 0.4) is 0 Å². The highest BCUT2D eigenvalue weighted by Gasteiger charge is 2.29. The van der Waals surface area contributed by atoms with Crippen molar-refractivity contribution in [2.45, 2.75) is 18.8 Å². The summed E-state index contributed by atoms with van der Waals surface area (Å²) in [6.45, 7) is 1.75. The van der Waals surface area contributed by atoms with Gasteiger partial charge in [-0.25, -0.2) is 4.98 Å². The number of fused-ring (bicyclic) bond motifs is 1. The summed E-state index contributed by atoms with van der Waals surface area (Å²) >= 11 is 3.35. The number of para-hydroxylation sites is 1. The van der Waals surface area contributed by atoms with Crippen molar-refractivity contribution in [3.8, 4) is 0 Å². The number of thioether (sulfide) groups is 1. The van der Waals surface area contributed by atoms with Crippen LogP contribution in [-0.4, -0.2) is 57.9 Å². The van der Waals surface area contributed by atoms with Crippen molar-refractivity contribution in [3.05, 3.63) is 29.3 Å². The Morgan fingerprint density at radius 3 is 2.75 bits per heavy atom. The van der Waals surface area contributed by atoms with Gasteiger partial charge < -0.3 is 9.80 Å². The fourth-order valence-corrected chi connectivity index (χ4v) is 5.28. The Hall–Kier alpha value is -1.60. The molecule has 1 aromatic heterocycles. The van der Waals surface area contributed by atoms with E-state index in [1.165, 1.54) is 9.71 Å². The number of hydrogen-bond acceptors (Lipinski definition) is 5. The number of piperidine rings is 1. The van der Waals surface area contributed by atoms with E-state index in [1.807, 2.05) is 17.0 Å². The van der Waals surface area contributed by atoms with E-state index < -0.39 is 0 Å². The molecular weight excluding hydrogens is 342 g/mol. The number of carbonyl (C=O) groups excluding carboxylic acids is 2. The van der Waals surface area contributed by atoms with Gasteiger partial charge >= 0.3 is 0 Å². The zero-order chi connectivity index (χ0) is 16.5. The zero-order valence-corrected chi connectivity index (χ0v) is 14.9.